The molecule has 0 amide bonds. The van der Waals surface area contributed by atoms with E-state index in [1.165, 1.54) is 6.07 Å². The Hall–Kier alpha value is -2.09. The van der Waals surface area contributed by atoms with Gasteiger partial charge >= 0.3 is 6.18 Å². The van der Waals surface area contributed by atoms with Gasteiger partial charge in [0, 0.05) is 42.8 Å². The van der Waals surface area contributed by atoms with Gasteiger partial charge in [0.2, 0.25) is 0 Å². The van der Waals surface area contributed by atoms with Gasteiger partial charge in [-0.2, -0.15) is 13.2 Å². The molecule has 8 heteroatoms. The molecule has 0 saturated carbocycles. The van der Waals surface area contributed by atoms with E-state index < -0.39 is 11.7 Å². The van der Waals surface area contributed by atoms with Crippen LogP contribution in [0, 0.1) is 0 Å². The van der Waals surface area contributed by atoms with E-state index in [9.17, 15) is 13.2 Å². The van der Waals surface area contributed by atoms with Gasteiger partial charge in [-0.05, 0) is 18.2 Å². The van der Waals surface area contributed by atoms with Crippen LogP contribution < -0.4 is 4.90 Å². The summed E-state index contributed by atoms with van der Waals surface area (Å²) in [5, 5.41) is 2.84. The highest BCUT2D eigenvalue weighted by atomic mass is 35.5. The first kappa shape index (κ1) is 20.2. The van der Waals surface area contributed by atoms with Crippen LogP contribution in [-0.4, -0.2) is 36.1 Å². The molecule has 0 N–H and O–H groups in total. The Morgan fingerprint density at radius 3 is 2.41 bits per heavy atom. The SMILES string of the molecule is FC(F)(F)c1cc(N2CCN(Cc3nc(-c4ccccc4)cs3)CC2)ccc1Cl. The van der Waals surface area contributed by atoms with E-state index in [1.54, 1.807) is 17.4 Å². The minimum Gasteiger partial charge on any atom is -0.369 e. The van der Waals surface area contributed by atoms with Crippen molar-refractivity contribution in [3.8, 4) is 11.3 Å². The number of piperazine rings is 1. The highest BCUT2D eigenvalue weighted by Crippen LogP contribution is 2.37. The Labute approximate surface area is 176 Å². The lowest BCUT2D eigenvalue weighted by atomic mass is 10.1. The molecule has 0 unspecified atom stereocenters. The number of halogens is 4. The summed E-state index contributed by atoms with van der Waals surface area (Å²) in [4.78, 5) is 8.98. The minimum atomic E-state index is -4.45. The number of benzene rings is 2. The number of alkyl halides is 3. The van der Waals surface area contributed by atoms with Crippen LogP contribution in [0.5, 0.6) is 0 Å². The number of anilines is 1. The van der Waals surface area contributed by atoms with Crippen LogP contribution in [0.15, 0.2) is 53.9 Å². The second-order valence-electron chi connectivity index (χ2n) is 6.92. The smallest absolute Gasteiger partial charge is 0.369 e. The van der Waals surface area contributed by atoms with E-state index in [2.05, 4.69) is 10.3 Å². The topological polar surface area (TPSA) is 19.4 Å². The quantitative estimate of drug-likeness (QED) is 0.514. The molecule has 3 aromatic rings. The van der Waals surface area contributed by atoms with Crippen molar-refractivity contribution >= 4 is 28.6 Å². The first-order valence-corrected chi connectivity index (χ1v) is 10.5. The summed E-state index contributed by atoms with van der Waals surface area (Å²) in [5.41, 5.74) is 1.85. The molecule has 2 aromatic carbocycles. The van der Waals surface area contributed by atoms with Crippen LogP contribution in [0.25, 0.3) is 11.3 Å². The third kappa shape index (κ3) is 4.74. The van der Waals surface area contributed by atoms with E-state index in [-0.39, 0.29) is 5.02 Å². The lowest BCUT2D eigenvalue weighted by Gasteiger charge is -2.36. The molecular formula is C21H19ClF3N3S. The van der Waals surface area contributed by atoms with Gasteiger partial charge in [-0.25, -0.2) is 4.98 Å². The number of thiazole rings is 1. The van der Waals surface area contributed by atoms with Crippen LogP contribution in [-0.2, 0) is 12.7 Å². The van der Waals surface area contributed by atoms with Crippen molar-refractivity contribution in [2.45, 2.75) is 12.7 Å². The fourth-order valence-corrected chi connectivity index (χ4v) is 4.48. The lowest BCUT2D eigenvalue weighted by Crippen LogP contribution is -2.46. The fraction of sp³-hybridized carbons (Fsp3) is 0.286. The molecule has 1 saturated heterocycles. The molecule has 2 heterocycles. The average Bonchev–Trinajstić information content (AvgIpc) is 3.17. The Morgan fingerprint density at radius 2 is 1.72 bits per heavy atom. The number of hydrogen-bond donors (Lipinski definition) is 0. The predicted octanol–water partition coefficient (Wildman–Crippen LogP) is 5.80. The van der Waals surface area contributed by atoms with Crippen LogP contribution in [0.3, 0.4) is 0 Å². The lowest BCUT2D eigenvalue weighted by molar-refractivity contribution is -0.137. The van der Waals surface area contributed by atoms with E-state index in [1.807, 2.05) is 35.2 Å². The van der Waals surface area contributed by atoms with Gasteiger partial charge in [0.25, 0.3) is 0 Å². The van der Waals surface area contributed by atoms with Crippen molar-refractivity contribution in [2.75, 3.05) is 31.1 Å². The number of aromatic nitrogens is 1. The molecule has 1 aromatic heterocycles. The van der Waals surface area contributed by atoms with Crippen LogP contribution >= 0.6 is 22.9 Å². The molecule has 29 heavy (non-hydrogen) atoms. The molecule has 0 aliphatic carbocycles. The molecule has 152 valence electrons. The van der Waals surface area contributed by atoms with Crippen molar-refractivity contribution in [3.63, 3.8) is 0 Å². The maximum absolute atomic E-state index is 13.1. The van der Waals surface area contributed by atoms with E-state index in [0.29, 0.717) is 18.8 Å². The Morgan fingerprint density at radius 1 is 1.00 bits per heavy atom. The number of nitrogens with zero attached hydrogens (tertiary/aromatic N) is 3. The Kier molecular flexibility index (Phi) is 5.81. The van der Waals surface area contributed by atoms with E-state index >= 15 is 0 Å². The first-order chi connectivity index (χ1) is 13.9. The Bertz CT molecular complexity index is 967. The zero-order chi connectivity index (χ0) is 20.4. The Balaban J connectivity index is 1.37. The molecule has 4 rings (SSSR count). The summed E-state index contributed by atoms with van der Waals surface area (Å²) < 4.78 is 39.3. The highest BCUT2D eigenvalue weighted by Gasteiger charge is 2.34. The molecule has 3 nitrogen and oxygen atoms in total. The van der Waals surface area contributed by atoms with Crippen molar-refractivity contribution in [2.24, 2.45) is 0 Å². The van der Waals surface area contributed by atoms with Gasteiger partial charge in [-0.15, -0.1) is 11.3 Å². The van der Waals surface area contributed by atoms with E-state index in [4.69, 9.17) is 16.6 Å². The highest BCUT2D eigenvalue weighted by molar-refractivity contribution is 7.09. The largest absolute Gasteiger partial charge is 0.417 e. The summed E-state index contributed by atoms with van der Waals surface area (Å²) >= 11 is 7.36. The summed E-state index contributed by atoms with van der Waals surface area (Å²) in [6, 6.07) is 14.2. The van der Waals surface area contributed by atoms with Crippen LogP contribution in [0.1, 0.15) is 10.6 Å². The fourth-order valence-electron chi connectivity index (χ4n) is 3.41. The molecule has 0 radical (unpaired) electrons. The van der Waals surface area contributed by atoms with Gasteiger partial charge in [0.15, 0.2) is 0 Å². The van der Waals surface area contributed by atoms with Crippen LogP contribution in [0.2, 0.25) is 5.02 Å². The molecule has 1 fully saturated rings. The van der Waals surface area contributed by atoms with Gasteiger partial charge in [0.1, 0.15) is 5.01 Å². The van der Waals surface area contributed by atoms with Gasteiger partial charge in [0.05, 0.1) is 22.8 Å². The van der Waals surface area contributed by atoms with Crippen LogP contribution in [0.4, 0.5) is 18.9 Å². The zero-order valence-electron chi connectivity index (χ0n) is 15.5. The second kappa shape index (κ2) is 8.34. The van der Waals surface area contributed by atoms with Gasteiger partial charge in [-0.1, -0.05) is 41.9 Å². The van der Waals surface area contributed by atoms with Crippen molar-refractivity contribution in [1.82, 2.24) is 9.88 Å². The molecule has 1 aliphatic heterocycles. The molecule has 0 atom stereocenters. The molecule has 0 spiro atoms. The van der Waals surface area contributed by atoms with Gasteiger partial charge in [-0.3, -0.25) is 4.90 Å². The average molecular weight is 438 g/mol. The summed E-state index contributed by atoms with van der Waals surface area (Å²) in [7, 11) is 0. The maximum atomic E-state index is 13.1. The monoisotopic (exact) mass is 437 g/mol. The third-order valence-corrected chi connectivity index (χ3v) is 6.14. The number of rotatable bonds is 4. The second-order valence-corrected chi connectivity index (χ2v) is 8.27. The first-order valence-electron chi connectivity index (χ1n) is 9.24. The third-order valence-electron chi connectivity index (χ3n) is 4.97. The molecular weight excluding hydrogens is 419 g/mol. The van der Waals surface area contributed by atoms with Crippen molar-refractivity contribution < 1.29 is 13.2 Å². The van der Waals surface area contributed by atoms with Crippen molar-refractivity contribution in [1.29, 1.82) is 0 Å². The normalized spacial score (nSPS) is 15.7. The molecule has 1 aliphatic rings. The standard InChI is InChI=1S/C21H19ClF3N3S/c22-18-7-6-16(12-17(18)21(23,24)25)28-10-8-27(9-11-28)13-20-26-19(14-29-20)15-4-2-1-3-5-15/h1-7,12,14H,8-11,13H2. The van der Waals surface area contributed by atoms with E-state index in [0.717, 1.165) is 42.0 Å². The number of hydrogen-bond acceptors (Lipinski definition) is 4. The summed E-state index contributed by atoms with van der Waals surface area (Å²) in [6.45, 7) is 3.61. The summed E-state index contributed by atoms with van der Waals surface area (Å²) in [6.07, 6.45) is -4.45. The summed E-state index contributed by atoms with van der Waals surface area (Å²) in [5.74, 6) is 0. The predicted molar refractivity (Wildman–Crippen MR) is 111 cm³/mol. The minimum absolute atomic E-state index is 0.266. The molecule has 0 bridgehead atoms. The van der Waals surface area contributed by atoms with Crippen molar-refractivity contribution in [3.05, 3.63) is 69.5 Å². The zero-order valence-corrected chi connectivity index (χ0v) is 17.1. The maximum Gasteiger partial charge on any atom is 0.417 e. The van der Waals surface area contributed by atoms with Gasteiger partial charge < -0.3 is 4.90 Å².